The standard InChI is InChI=1S/C28H33NO2/c1-27(2,29-20-26(21-29)31-25-16-10-15-24(30)19-25)17-18-28(3,22-11-6-4-7-12-22)23-13-8-5-9-14-23/h4-16,19,26,30H,17-18,20-21H2,1-3H3. The zero-order valence-electron chi connectivity index (χ0n) is 18.8. The topological polar surface area (TPSA) is 32.7 Å². The van der Waals surface area contributed by atoms with Crippen LogP contribution in [0.1, 0.15) is 44.7 Å². The Morgan fingerprint density at radius 3 is 1.94 bits per heavy atom. The summed E-state index contributed by atoms with van der Waals surface area (Å²) >= 11 is 0. The van der Waals surface area contributed by atoms with Crippen LogP contribution in [0.5, 0.6) is 11.5 Å². The van der Waals surface area contributed by atoms with Crippen molar-refractivity contribution >= 4 is 0 Å². The molecule has 1 fully saturated rings. The maximum absolute atomic E-state index is 9.64. The van der Waals surface area contributed by atoms with Crippen molar-refractivity contribution in [2.24, 2.45) is 0 Å². The molecule has 3 heteroatoms. The van der Waals surface area contributed by atoms with E-state index in [1.165, 1.54) is 11.1 Å². The maximum Gasteiger partial charge on any atom is 0.124 e. The van der Waals surface area contributed by atoms with Gasteiger partial charge in [0.1, 0.15) is 17.6 Å². The fraction of sp³-hybridized carbons (Fsp3) is 0.357. The van der Waals surface area contributed by atoms with E-state index in [0.29, 0.717) is 0 Å². The molecule has 3 aromatic rings. The first-order valence-electron chi connectivity index (χ1n) is 11.2. The van der Waals surface area contributed by atoms with Gasteiger partial charge in [0.25, 0.3) is 0 Å². The Kier molecular flexibility index (Phi) is 6.06. The third-order valence-corrected chi connectivity index (χ3v) is 6.88. The summed E-state index contributed by atoms with van der Waals surface area (Å²) < 4.78 is 6.04. The lowest BCUT2D eigenvalue weighted by Crippen LogP contribution is -2.62. The molecule has 0 aromatic heterocycles. The van der Waals surface area contributed by atoms with Gasteiger partial charge in [-0.1, -0.05) is 73.7 Å². The highest BCUT2D eigenvalue weighted by atomic mass is 16.5. The minimum absolute atomic E-state index is 0.0257. The molecule has 3 nitrogen and oxygen atoms in total. The Morgan fingerprint density at radius 2 is 1.39 bits per heavy atom. The van der Waals surface area contributed by atoms with E-state index in [4.69, 9.17) is 4.74 Å². The summed E-state index contributed by atoms with van der Waals surface area (Å²) in [6.45, 7) is 8.88. The normalized spacial score (nSPS) is 15.5. The monoisotopic (exact) mass is 415 g/mol. The molecular formula is C28H33NO2. The van der Waals surface area contributed by atoms with E-state index in [1.54, 1.807) is 12.1 Å². The van der Waals surface area contributed by atoms with Gasteiger partial charge in [0, 0.05) is 30.1 Å². The summed E-state index contributed by atoms with van der Waals surface area (Å²) in [7, 11) is 0. The lowest BCUT2D eigenvalue weighted by molar-refractivity contribution is -0.0468. The van der Waals surface area contributed by atoms with E-state index < -0.39 is 0 Å². The molecule has 0 unspecified atom stereocenters. The molecule has 1 N–H and O–H groups in total. The van der Waals surface area contributed by atoms with Crippen LogP contribution in [0.4, 0.5) is 0 Å². The maximum atomic E-state index is 9.64. The smallest absolute Gasteiger partial charge is 0.124 e. The van der Waals surface area contributed by atoms with Crippen LogP contribution in [0.25, 0.3) is 0 Å². The largest absolute Gasteiger partial charge is 0.508 e. The number of ether oxygens (including phenoxy) is 1. The molecule has 0 saturated carbocycles. The van der Waals surface area contributed by atoms with Crippen LogP contribution in [0.2, 0.25) is 0 Å². The molecule has 1 heterocycles. The van der Waals surface area contributed by atoms with Crippen molar-refractivity contribution in [3.05, 3.63) is 96.1 Å². The lowest BCUT2D eigenvalue weighted by atomic mass is 9.71. The van der Waals surface area contributed by atoms with Gasteiger partial charge in [0.05, 0.1) is 0 Å². The summed E-state index contributed by atoms with van der Waals surface area (Å²) in [6.07, 6.45) is 2.34. The summed E-state index contributed by atoms with van der Waals surface area (Å²) in [4.78, 5) is 2.51. The quantitative estimate of drug-likeness (QED) is 0.488. The number of benzene rings is 3. The molecule has 4 rings (SSSR count). The molecule has 3 aromatic carbocycles. The van der Waals surface area contributed by atoms with Crippen LogP contribution < -0.4 is 4.74 Å². The number of nitrogens with zero attached hydrogens (tertiary/aromatic N) is 1. The van der Waals surface area contributed by atoms with E-state index >= 15 is 0 Å². The number of likely N-dealkylation sites (tertiary alicyclic amines) is 1. The lowest BCUT2D eigenvalue weighted by Gasteiger charge is -2.49. The van der Waals surface area contributed by atoms with Crippen LogP contribution in [-0.4, -0.2) is 34.7 Å². The van der Waals surface area contributed by atoms with Crippen molar-refractivity contribution < 1.29 is 9.84 Å². The van der Waals surface area contributed by atoms with Gasteiger partial charge in [0.2, 0.25) is 0 Å². The van der Waals surface area contributed by atoms with Crippen molar-refractivity contribution in [1.29, 1.82) is 0 Å². The summed E-state index contributed by atoms with van der Waals surface area (Å²) in [5.41, 5.74) is 2.79. The van der Waals surface area contributed by atoms with Crippen molar-refractivity contribution in [1.82, 2.24) is 4.90 Å². The molecule has 31 heavy (non-hydrogen) atoms. The Morgan fingerprint density at radius 1 is 0.806 bits per heavy atom. The second-order valence-electron chi connectivity index (χ2n) is 9.52. The highest BCUT2D eigenvalue weighted by Gasteiger charge is 2.40. The molecule has 0 aliphatic carbocycles. The first-order valence-corrected chi connectivity index (χ1v) is 11.2. The summed E-state index contributed by atoms with van der Waals surface area (Å²) in [6, 6.07) is 28.8. The molecule has 0 radical (unpaired) electrons. The third kappa shape index (κ3) is 4.77. The molecule has 0 amide bonds. The van der Waals surface area contributed by atoms with Gasteiger partial charge >= 0.3 is 0 Å². The molecule has 0 atom stereocenters. The van der Waals surface area contributed by atoms with Crippen molar-refractivity contribution in [3.8, 4) is 11.5 Å². The number of aromatic hydroxyl groups is 1. The average Bonchev–Trinajstić information content (AvgIpc) is 2.75. The van der Waals surface area contributed by atoms with Gasteiger partial charge in [-0.15, -0.1) is 0 Å². The Balaban J connectivity index is 1.41. The Hall–Kier alpha value is -2.78. The fourth-order valence-corrected chi connectivity index (χ4v) is 4.54. The Bertz CT molecular complexity index is 939. The van der Waals surface area contributed by atoms with Crippen LogP contribution in [0.3, 0.4) is 0 Å². The van der Waals surface area contributed by atoms with E-state index in [1.807, 2.05) is 12.1 Å². The number of phenolic OH excluding ortho intramolecular Hbond substituents is 1. The average molecular weight is 416 g/mol. The van der Waals surface area contributed by atoms with Crippen molar-refractivity contribution in [2.45, 2.75) is 50.7 Å². The van der Waals surface area contributed by atoms with Gasteiger partial charge in [-0.05, 0) is 49.9 Å². The molecule has 1 saturated heterocycles. The number of phenols is 1. The van der Waals surface area contributed by atoms with E-state index in [9.17, 15) is 5.11 Å². The minimum atomic E-state index is -0.0257. The van der Waals surface area contributed by atoms with Gasteiger partial charge < -0.3 is 9.84 Å². The van der Waals surface area contributed by atoms with E-state index in [-0.39, 0.29) is 22.8 Å². The molecule has 1 aliphatic heterocycles. The van der Waals surface area contributed by atoms with E-state index in [0.717, 1.165) is 31.7 Å². The first kappa shape index (κ1) is 21.5. The van der Waals surface area contributed by atoms with Crippen LogP contribution in [0.15, 0.2) is 84.9 Å². The molecule has 0 bridgehead atoms. The number of hydrogen-bond acceptors (Lipinski definition) is 3. The van der Waals surface area contributed by atoms with Gasteiger partial charge in [-0.3, -0.25) is 4.90 Å². The number of rotatable bonds is 8. The first-order chi connectivity index (χ1) is 14.9. The fourth-order valence-electron chi connectivity index (χ4n) is 4.54. The predicted molar refractivity (Wildman–Crippen MR) is 127 cm³/mol. The zero-order chi connectivity index (χ0) is 21.9. The highest BCUT2D eigenvalue weighted by molar-refractivity contribution is 5.38. The van der Waals surface area contributed by atoms with Crippen molar-refractivity contribution in [3.63, 3.8) is 0 Å². The third-order valence-electron chi connectivity index (χ3n) is 6.88. The van der Waals surface area contributed by atoms with Crippen LogP contribution in [-0.2, 0) is 5.41 Å². The van der Waals surface area contributed by atoms with Gasteiger partial charge in [-0.25, -0.2) is 0 Å². The molecule has 162 valence electrons. The van der Waals surface area contributed by atoms with Crippen molar-refractivity contribution in [2.75, 3.05) is 13.1 Å². The summed E-state index contributed by atoms with van der Waals surface area (Å²) in [5, 5.41) is 9.64. The highest BCUT2D eigenvalue weighted by Crippen LogP contribution is 2.40. The summed E-state index contributed by atoms with van der Waals surface area (Å²) in [5.74, 6) is 0.985. The molecule has 0 spiro atoms. The Labute approximate surface area is 186 Å². The second-order valence-corrected chi connectivity index (χ2v) is 9.52. The minimum Gasteiger partial charge on any atom is -0.508 e. The van der Waals surface area contributed by atoms with Crippen LogP contribution >= 0.6 is 0 Å². The molecule has 1 aliphatic rings. The number of hydrogen-bond donors (Lipinski definition) is 1. The van der Waals surface area contributed by atoms with E-state index in [2.05, 4.69) is 86.3 Å². The second kappa shape index (κ2) is 8.76. The molecular weight excluding hydrogens is 382 g/mol. The predicted octanol–water partition coefficient (Wildman–Crippen LogP) is 6.02. The zero-order valence-corrected chi connectivity index (χ0v) is 18.8. The SMILES string of the molecule is CC(CCC(C)(C)N1CC(Oc2cccc(O)c2)C1)(c1ccccc1)c1ccccc1. The van der Waals surface area contributed by atoms with Crippen LogP contribution in [0, 0.1) is 0 Å². The van der Waals surface area contributed by atoms with Gasteiger partial charge in [-0.2, -0.15) is 0 Å². The van der Waals surface area contributed by atoms with Gasteiger partial charge in [0.15, 0.2) is 0 Å².